The summed E-state index contributed by atoms with van der Waals surface area (Å²) in [6.07, 6.45) is 0. The van der Waals surface area contributed by atoms with Gasteiger partial charge in [0, 0.05) is 0 Å². The molecule has 8 heteroatoms. The smallest absolute Gasteiger partial charge is 0.337 e. The molecule has 0 amide bonds. The molecule has 0 saturated carbocycles. The summed E-state index contributed by atoms with van der Waals surface area (Å²) in [5.41, 5.74) is 1.76. The molecule has 0 fully saturated rings. The lowest BCUT2D eigenvalue weighted by Gasteiger charge is -2.11. The van der Waals surface area contributed by atoms with Crippen molar-refractivity contribution < 1.29 is 38.4 Å². The summed E-state index contributed by atoms with van der Waals surface area (Å²) in [5, 5.41) is 9.30. The molecule has 33 heavy (non-hydrogen) atoms. The highest BCUT2D eigenvalue weighted by atomic mass is 16.5. The van der Waals surface area contributed by atoms with E-state index in [4.69, 9.17) is 18.9 Å². The molecule has 0 aromatic heterocycles. The van der Waals surface area contributed by atoms with Crippen LogP contribution in [-0.2, 0) is 16.1 Å². The molecule has 0 bridgehead atoms. The van der Waals surface area contributed by atoms with E-state index in [-0.39, 0.29) is 5.75 Å². The number of hydrogen-bond acceptors (Lipinski definition) is 8. The average Bonchev–Trinajstić information content (AvgIpc) is 2.87. The van der Waals surface area contributed by atoms with Crippen molar-refractivity contribution in [2.75, 3.05) is 28.4 Å². The quantitative estimate of drug-likeness (QED) is 0.529. The lowest BCUT2D eigenvalue weighted by Crippen LogP contribution is -2.03. The number of aromatic hydroxyl groups is 1. The molecule has 0 unspecified atom stereocenters. The van der Waals surface area contributed by atoms with Crippen molar-refractivity contribution in [1.29, 1.82) is 0 Å². The molecular formula is C25H26O8. The lowest BCUT2D eigenvalue weighted by molar-refractivity contribution is 0.0591. The third kappa shape index (κ3) is 7.17. The van der Waals surface area contributed by atoms with Crippen molar-refractivity contribution in [3.8, 4) is 23.0 Å². The van der Waals surface area contributed by atoms with E-state index in [0.717, 1.165) is 5.56 Å². The molecule has 3 aromatic carbocycles. The molecule has 174 valence electrons. The second-order valence-corrected chi connectivity index (χ2v) is 6.51. The summed E-state index contributed by atoms with van der Waals surface area (Å²) < 4.78 is 24.9. The molecule has 0 aliphatic heterocycles. The van der Waals surface area contributed by atoms with Crippen LogP contribution >= 0.6 is 0 Å². The van der Waals surface area contributed by atoms with Gasteiger partial charge in [0.25, 0.3) is 0 Å². The van der Waals surface area contributed by atoms with Gasteiger partial charge in [0.2, 0.25) is 0 Å². The Bertz CT molecular complexity index is 1060. The molecule has 0 heterocycles. The van der Waals surface area contributed by atoms with Crippen molar-refractivity contribution >= 4 is 11.9 Å². The largest absolute Gasteiger partial charge is 0.504 e. The van der Waals surface area contributed by atoms with Crippen LogP contribution in [0.2, 0.25) is 0 Å². The van der Waals surface area contributed by atoms with Crippen LogP contribution in [0.4, 0.5) is 0 Å². The van der Waals surface area contributed by atoms with Gasteiger partial charge in [0.05, 0.1) is 39.6 Å². The number of rotatable bonds is 7. The van der Waals surface area contributed by atoms with Crippen molar-refractivity contribution in [2.45, 2.75) is 6.61 Å². The summed E-state index contributed by atoms with van der Waals surface area (Å²) in [7, 11) is 5.62. The first-order chi connectivity index (χ1) is 15.9. The van der Waals surface area contributed by atoms with Crippen LogP contribution in [-0.4, -0.2) is 45.5 Å². The average molecular weight is 454 g/mol. The minimum Gasteiger partial charge on any atom is -0.504 e. The Morgan fingerprint density at radius 2 is 1.24 bits per heavy atom. The van der Waals surface area contributed by atoms with E-state index in [1.807, 2.05) is 30.3 Å². The van der Waals surface area contributed by atoms with E-state index in [1.54, 1.807) is 25.3 Å². The molecule has 3 rings (SSSR count). The first kappa shape index (κ1) is 25.1. The van der Waals surface area contributed by atoms with Gasteiger partial charge >= 0.3 is 11.9 Å². The maximum Gasteiger partial charge on any atom is 0.337 e. The molecule has 0 atom stereocenters. The van der Waals surface area contributed by atoms with Gasteiger partial charge in [0.15, 0.2) is 23.0 Å². The Morgan fingerprint density at radius 3 is 1.76 bits per heavy atom. The topological polar surface area (TPSA) is 101 Å². The molecule has 8 nitrogen and oxygen atoms in total. The Kier molecular flexibility index (Phi) is 9.57. The molecule has 0 aliphatic carbocycles. The number of phenols is 1. The highest BCUT2D eigenvalue weighted by Crippen LogP contribution is 2.29. The van der Waals surface area contributed by atoms with E-state index in [1.165, 1.54) is 39.5 Å². The predicted molar refractivity (Wildman–Crippen MR) is 121 cm³/mol. The summed E-state index contributed by atoms with van der Waals surface area (Å²) in [4.78, 5) is 22.5. The summed E-state index contributed by atoms with van der Waals surface area (Å²) in [6, 6.07) is 19.0. The van der Waals surface area contributed by atoms with E-state index in [0.29, 0.717) is 35.0 Å². The Balaban J connectivity index is 0.000000257. The number of hydrogen-bond donors (Lipinski definition) is 1. The Hall–Kier alpha value is -4.20. The van der Waals surface area contributed by atoms with Gasteiger partial charge in [-0.05, 0) is 42.0 Å². The fourth-order valence-corrected chi connectivity index (χ4v) is 2.70. The predicted octanol–water partition coefficient (Wildman–Crippen LogP) is 4.25. The lowest BCUT2D eigenvalue weighted by atomic mass is 10.2. The summed E-state index contributed by atoms with van der Waals surface area (Å²) in [6.45, 7) is 0.405. The van der Waals surface area contributed by atoms with Crippen LogP contribution in [0.1, 0.15) is 26.3 Å². The molecule has 3 aromatic rings. The number of methoxy groups -OCH3 is 4. The standard InChI is InChI=1S/C16H16O4.C9H10O4/c1-18-14-9-8-13(16(17)19-2)10-15(14)20-11-12-6-4-3-5-7-12;1-12-8-4-3-6(5-7(8)10)9(11)13-2/h3-10H,11H2,1-2H3;3-5,10H,1-2H3. The normalized spacial score (nSPS) is 9.70. The summed E-state index contributed by atoms with van der Waals surface area (Å²) >= 11 is 0. The van der Waals surface area contributed by atoms with E-state index < -0.39 is 11.9 Å². The van der Waals surface area contributed by atoms with Gasteiger partial charge in [-0.15, -0.1) is 0 Å². The Labute approximate surface area is 192 Å². The second kappa shape index (κ2) is 12.6. The molecule has 1 N–H and O–H groups in total. The third-order valence-corrected chi connectivity index (χ3v) is 4.42. The molecule has 0 saturated heterocycles. The molecule has 0 radical (unpaired) electrons. The fourth-order valence-electron chi connectivity index (χ4n) is 2.70. The highest BCUT2D eigenvalue weighted by molar-refractivity contribution is 5.90. The maximum atomic E-state index is 11.5. The van der Waals surface area contributed by atoms with Gasteiger partial charge in [-0.2, -0.15) is 0 Å². The fraction of sp³-hybridized carbons (Fsp3) is 0.200. The number of carbonyl (C=O) groups excluding carboxylic acids is 2. The van der Waals surface area contributed by atoms with E-state index >= 15 is 0 Å². The van der Waals surface area contributed by atoms with Crippen molar-refractivity contribution in [3.05, 3.63) is 83.4 Å². The molecule has 0 aliphatic rings. The van der Waals surface area contributed by atoms with Gasteiger partial charge in [-0.25, -0.2) is 9.59 Å². The number of carbonyl (C=O) groups is 2. The molecular weight excluding hydrogens is 428 g/mol. The number of ether oxygens (including phenoxy) is 5. The highest BCUT2D eigenvalue weighted by Gasteiger charge is 2.11. The van der Waals surface area contributed by atoms with Crippen LogP contribution in [0.5, 0.6) is 23.0 Å². The third-order valence-electron chi connectivity index (χ3n) is 4.42. The van der Waals surface area contributed by atoms with E-state index in [9.17, 15) is 14.7 Å². The van der Waals surface area contributed by atoms with Crippen molar-refractivity contribution in [3.63, 3.8) is 0 Å². The monoisotopic (exact) mass is 454 g/mol. The Morgan fingerprint density at radius 1 is 0.697 bits per heavy atom. The van der Waals surface area contributed by atoms with Crippen LogP contribution in [0.3, 0.4) is 0 Å². The maximum absolute atomic E-state index is 11.5. The van der Waals surface area contributed by atoms with Crippen LogP contribution < -0.4 is 14.2 Å². The van der Waals surface area contributed by atoms with Gasteiger partial charge in [-0.3, -0.25) is 0 Å². The van der Waals surface area contributed by atoms with Crippen LogP contribution in [0.15, 0.2) is 66.7 Å². The van der Waals surface area contributed by atoms with Gasteiger partial charge in [-0.1, -0.05) is 30.3 Å². The number of phenolic OH excluding ortho intramolecular Hbond substituents is 1. The minimum absolute atomic E-state index is 0.0783. The zero-order valence-corrected chi connectivity index (χ0v) is 18.9. The molecule has 0 spiro atoms. The first-order valence-electron chi connectivity index (χ1n) is 9.81. The number of esters is 2. The minimum atomic E-state index is -0.488. The zero-order valence-electron chi connectivity index (χ0n) is 18.9. The van der Waals surface area contributed by atoms with Gasteiger partial charge < -0.3 is 28.8 Å². The van der Waals surface area contributed by atoms with Crippen molar-refractivity contribution in [2.24, 2.45) is 0 Å². The summed E-state index contributed by atoms with van der Waals surface area (Å²) in [5.74, 6) is 0.445. The van der Waals surface area contributed by atoms with E-state index in [2.05, 4.69) is 4.74 Å². The van der Waals surface area contributed by atoms with Crippen molar-refractivity contribution in [1.82, 2.24) is 0 Å². The second-order valence-electron chi connectivity index (χ2n) is 6.51. The van der Waals surface area contributed by atoms with Crippen LogP contribution in [0.25, 0.3) is 0 Å². The van der Waals surface area contributed by atoms with Crippen LogP contribution in [0, 0.1) is 0 Å². The first-order valence-corrected chi connectivity index (χ1v) is 9.81. The number of benzene rings is 3. The van der Waals surface area contributed by atoms with Gasteiger partial charge in [0.1, 0.15) is 6.61 Å². The SMILES string of the molecule is COC(=O)c1ccc(OC)c(O)c1.COC(=O)c1ccc(OC)c(OCc2ccccc2)c1. The zero-order chi connectivity index (χ0) is 24.2.